The maximum absolute atomic E-state index is 11.2. The minimum atomic E-state index is -0.300. The minimum Gasteiger partial charge on any atom is -0.497 e. The molecule has 0 saturated heterocycles. The Bertz CT molecular complexity index is 486. The first-order valence-corrected chi connectivity index (χ1v) is 9.06. The molecular weight excluding hydrogens is 316 g/mol. The molecule has 0 radical (unpaired) electrons. The molecule has 25 heavy (non-hydrogen) atoms. The van der Waals surface area contributed by atoms with Gasteiger partial charge in [-0.2, -0.15) is 0 Å². The number of carbonyl (C=O) groups is 1. The van der Waals surface area contributed by atoms with Crippen LogP contribution in [-0.2, 0) is 9.53 Å². The molecule has 1 rings (SSSR count). The van der Waals surface area contributed by atoms with Gasteiger partial charge in [0.15, 0.2) is 0 Å². The van der Waals surface area contributed by atoms with Crippen LogP contribution in [0.5, 0.6) is 11.5 Å². The third-order valence-electron chi connectivity index (χ3n) is 4.38. The predicted molar refractivity (Wildman–Crippen MR) is 103 cm³/mol. The van der Waals surface area contributed by atoms with Crippen LogP contribution < -0.4 is 9.47 Å². The largest absolute Gasteiger partial charge is 0.497 e. The monoisotopic (exact) mass is 352 g/mol. The van der Waals surface area contributed by atoms with Gasteiger partial charge in [0, 0.05) is 18.6 Å². The number of ether oxygens (including phenoxy) is 3. The van der Waals surface area contributed by atoms with Crippen molar-refractivity contribution in [2.45, 2.75) is 61.0 Å². The lowest BCUT2D eigenvalue weighted by molar-refractivity contribution is -0.149. The molecule has 2 unspecified atom stereocenters. The number of esters is 1. The molecule has 0 aliphatic rings. The van der Waals surface area contributed by atoms with Gasteiger partial charge in [-0.1, -0.05) is 48.0 Å². The molecule has 2 atom stereocenters. The van der Waals surface area contributed by atoms with Crippen molar-refractivity contribution in [2.75, 3.05) is 14.2 Å². The molecule has 0 heterocycles. The standard InChI is InChI=1S/C14H20O4.C7H16/c1-9(2)14(18-10(3)15)11-6-12(16-4)8-13(7-11)17-5;1-5-7(4)6(2)3/h6-9,14H,1-5H3;6-7H,5H2,1-4H3. The van der Waals surface area contributed by atoms with Crippen LogP contribution in [0.2, 0.25) is 0 Å². The van der Waals surface area contributed by atoms with Gasteiger partial charge in [-0.3, -0.25) is 4.79 Å². The SMILES string of the molecule is CCC(C)C(C)C.COc1cc(OC)cc(C(OC(C)=O)C(C)C)c1. The first kappa shape index (κ1) is 23.3. The molecule has 0 aromatic heterocycles. The van der Waals surface area contributed by atoms with Gasteiger partial charge in [0.1, 0.15) is 17.6 Å². The van der Waals surface area contributed by atoms with Crippen LogP contribution in [0.15, 0.2) is 18.2 Å². The van der Waals surface area contributed by atoms with Crippen molar-refractivity contribution in [3.8, 4) is 11.5 Å². The zero-order valence-electron chi connectivity index (χ0n) is 17.4. The zero-order valence-corrected chi connectivity index (χ0v) is 17.4. The van der Waals surface area contributed by atoms with E-state index >= 15 is 0 Å². The number of carbonyl (C=O) groups excluding carboxylic acids is 1. The maximum Gasteiger partial charge on any atom is 0.303 e. The maximum atomic E-state index is 11.2. The van der Waals surface area contributed by atoms with Gasteiger partial charge in [-0.15, -0.1) is 0 Å². The van der Waals surface area contributed by atoms with Crippen molar-refractivity contribution < 1.29 is 19.0 Å². The topological polar surface area (TPSA) is 44.8 Å². The normalized spacial score (nSPS) is 12.9. The van der Waals surface area contributed by atoms with E-state index in [0.717, 1.165) is 17.4 Å². The zero-order chi connectivity index (χ0) is 19.6. The highest BCUT2D eigenvalue weighted by Crippen LogP contribution is 2.32. The second-order valence-corrected chi connectivity index (χ2v) is 7.05. The Labute approximate surface area is 153 Å². The van der Waals surface area contributed by atoms with Crippen molar-refractivity contribution in [3.63, 3.8) is 0 Å². The summed E-state index contributed by atoms with van der Waals surface area (Å²) in [6.07, 6.45) is 1.02. The first-order chi connectivity index (χ1) is 11.7. The summed E-state index contributed by atoms with van der Waals surface area (Å²) in [5.41, 5.74) is 0.872. The molecular formula is C21H36O4. The molecule has 0 saturated carbocycles. The first-order valence-electron chi connectivity index (χ1n) is 9.06. The van der Waals surface area contributed by atoms with Crippen molar-refractivity contribution in [1.29, 1.82) is 0 Å². The van der Waals surface area contributed by atoms with E-state index in [9.17, 15) is 4.79 Å². The minimum absolute atomic E-state index is 0.172. The van der Waals surface area contributed by atoms with Crippen LogP contribution in [0.3, 0.4) is 0 Å². The van der Waals surface area contributed by atoms with Crippen LogP contribution in [0.1, 0.15) is 66.6 Å². The van der Waals surface area contributed by atoms with Gasteiger partial charge in [0.25, 0.3) is 0 Å². The Morgan fingerprint density at radius 2 is 1.40 bits per heavy atom. The molecule has 0 spiro atoms. The number of benzene rings is 1. The Hall–Kier alpha value is -1.71. The quantitative estimate of drug-likeness (QED) is 0.595. The molecule has 0 bridgehead atoms. The lowest BCUT2D eigenvalue weighted by Gasteiger charge is -2.22. The Kier molecular flexibility index (Phi) is 11.0. The van der Waals surface area contributed by atoms with E-state index in [4.69, 9.17) is 14.2 Å². The third kappa shape index (κ3) is 8.80. The van der Waals surface area contributed by atoms with Gasteiger partial charge in [0.2, 0.25) is 0 Å². The molecule has 0 aliphatic carbocycles. The summed E-state index contributed by atoms with van der Waals surface area (Å²) in [6, 6.07) is 5.50. The van der Waals surface area contributed by atoms with E-state index in [1.807, 2.05) is 26.0 Å². The molecule has 0 aliphatic heterocycles. The molecule has 4 heteroatoms. The van der Waals surface area contributed by atoms with E-state index in [1.165, 1.54) is 13.3 Å². The summed E-state index contributed by atoms with van der Waals surface area (Å²) in [5, 5.41) is 0. The molecule has 0 fully saturated rings. The summed E-state index contributed by atoms with van der Waals surface area (Å²) in [4.78, 5) is 11.2. The summed E-state index contributed by atoms with van der Waals surface area (Å²) in [5.74, 6) is 3.01. The molecule has 144 valence electrons. The Morgan fingerprint density at radius 1 is 0.920 bits per heavy atom. The highest BCUT2D eigenvalue weighted by Gasteiger charge is 2.20. The van der Waals surface area contributed by atoms with Crippen molar-refractivity contribution >= 4 is 5.97 Å². The fourth-order valence-corrected chi connectivity index (χ4v) is 2.23. The van der Waals surface area contributed by atoms with Gasteiger partial charge in [0.05, 0.1) is 14.2 Å². The van der Waals surface area contributed by atoms with E-state index in [1.54, 1.807) is 20.3 Å². The van der Waals surface area contributed by atoms with Crippen LogP contribution in [-0.4, -0.2) is 20.2 Å². The van der Waals surface area contributed by atoms with Crippen LogP contribution in [0.25, 0.3) is 0 Å². The molecule has 0 N–H and O–H groups in total. The molecule has 0 amide bonds. The van der Waals surface area contributed by atoms with Gasteiger partial charge in [-0.25, -0.2) is 0 Å². The van der Waals surface area contributed by atoms with Crippen molar-refractivity contribution in [1.82, 2.24) is 0 Å². The lowest BCUT2D eigenvalue weighted by Crippen LogP contribution is -2.14. The van der Waals surface area contributed by atoms with Crippen LogP contribution in [0, 0.1) is 17.8 Å². The van der Waals surface area contributed by atoms with Gasteiger partial charge < -0.3 is 14.2 Å². The summed E-state index contributed by atoms with van der Waals surface area (Å²) in [6.45, 7) is 14.5. The summed E-state index contributed by atoms with van der Waals surface area (Å²) in [7, 11) is 3.18. The average molecular weight is 353 g/mol. The number of rotatable bonds is 7. The van der Waals surface area contributed by atoms with Crippen molar-refractivity contribution in [2.24, 2.45) is 17.8 Å². The van der Waals surface area contributed by atoms with E-state index < -0.39 is 0 Å². The number of hydrogen-bond acceptors (Lipinski definition) is 4. The van der Waals surface area contributed by atoms with E-state index in [2.05, 4.69) is 27.7 Å². The Balaban J connectivity index is 0.000000697. The van der Waals surface area contributed by atoms with Gasteiger partial charge in [-0.05, 0) is 29.9 Å². The summed E-state index contributed by atoms with van der Waals surface area (Å²) >= 11 is 0. The molecule has 1 aromatic rings. The second kappa shape index (κ2) is 11.8. The molecule has 4 nitrogen and oxygen atoms in total. The smallest absolute Gasteiger partial charge is 0.303 e. The fourth-order valence-electron chi connectivity index (χ4n) is 2.23. The Morgan fingerprint density at radius 3 is 1.64 bits per heavy atom. The predicted octanol–water partition coefficient (Wildman–Crippen LogP) is 5.65. The van der Waals surface area contributed by atoms with Gasteiger partial charge >= 0.3 is 5.97 Å². The molecule has 1 aromatic carbocycles. The number of methoxy groups -OCH3 is 2. The van der Waals surface area contributed by atoms with E-state index in [-0.39, 0.29) is 18.0 Å². The highest BCUT2D eigenvalue weighted by molar-refractivity contribution is 5.66. The van der Waals surface area contributed by atoms with Crippen molar-refractivity contribution in [3.05, 3.63) is 23.8 Å². The number of hydrogen-bond donors (Lipinski definition) is 0. The highest BCUT2D eigenvalue weighted by atomic mass is 16.5. The van der Waals surface area contributed by atoms with Crippen LogP contribution in [0.4, 0.5) is 0 Å². The van der Waals surface area contributed by atoms with Crippen LogP contribution >= 0.6 is 0 Å². The lowest BCUT2D eigenvalue weighted by atomic mass is 9.96. The third-order valence-corrected chi connectivity index (χ3v) is 4.38. The van der Waals surface area contributed by atoms with E-state index in [0.29, 0.717) is 11.5 Å². The second-order valence-electron chi connectivity index (χ2n) is 7.05. The fraction of sp³-hybridized carbons (Fsp3) is 0.667. The average Bonchev–Trinajstić information content (AvgIpc) is 2.58. The summed E-state index contributed by atoms with van der Waals surface area (Å²) < 4.78 is 15.8.